The van der Waals surface area contributed by atoms with E-state index in [4.69, 9.17) is 0 Å². The molecule has 0 atom stereocenters. The highest BCUT2D eigenvalue weighted by Crippen LogP contribution is 2.38. The third-order valence-corrected chi connectivity index (χ3v) is 10.5. The number of hydrogen-bond acceptors (Lipinski definition) is 2. The maximum Gasteiger partial charge on any atom is 0.0462 e. The van der Waals surface area contributed by atoms with Gasteiger partial charge >= 0.3 is 0 Å². The van der Waals surface area contributed by atoms with E-state index >= 15 is 0 Å². The molecule has 0 saturated heterocycles. The van der Waals surface area contributed by atoms with Crippen LogP contribution in [0.25, 0.3) is 45.5 Å². The average Bonchev–Trinajstić information content (AvgIpc) is 3.31. The number of anilines is 6. The van der Waals surface area contributed by atoms with Crippen LogP contribution in [0, 0.1) is 0 Å². The second-order valence-electron chi connectivity index (χ2n) is 14.3. The SMILES string of the molecule is C(=Cc1ccc(N(c2ccccc2)c2ccc(-c3ccccc3)cc2)cc1)c1ccc(-c2ccc(N(c3ccccc3)c3ccc(-c4ccccc4)cc3)cc2)cc1. The van der Waals surface area contributed by atoms with E-state index in [1.54, 1.807) is 0 Å². The quantitative estimate of drug-likeness (QED) is 0.122. The second-order valence-corrected chi connectivity index (χ2v) is 14.3. The highest BCUT2D eigenvalue weighted by molar-refractivity contribution is 5.82. The third kappa shape index (κ3) is 8.14. The van der Waals surface area contributed by atoms with Gasteiger partial charge in [0.25, 0.3) is 0 Å². The van der Waals surface area contributed by atoms with Gasteiger partial charge in [-0.25, -0.2) is 0 Å². The van der Waals surface area contributed by atoms with Gasteiger partial charge in [-0.05, 0) is 117 Å². The molecular weight excluding hydrogens is 701 g/mol. The largest absolute Gasteiger partial charge is 0.311 e. The summed E-state index contributed by atoms with van der Waals surface area (Å²) in [7, 11) is 0. The molecule has 276 valence electrons. The second kappa shape index (κ2) is 17.0. The van der Waals surface area contributed by atoms with E-state index in [1.165, 1.54) is 33.4 Å². The maximum absolute atomic E-state index is 2.31. The molecule has 0 aliphatic carbocycles. The van der Waals surface area contributed by atoms with Crippen LogP contribution in [0.4, 0.5) is 34.1 Å². The van der Waals surface area contributed by atoms with Crippen LogP contribution in [-0.2, 0) is 0 Å². The number of rotatable bonds is 11. The Hall–Kier alpha value is -7.68. The molecule has 0 aliphatic rings. The monoisotopic (exact) mass is 742 g/mol. The van der Waals surface area contributed by atoms with Crippen LogP contribution in [0.15, 0.2) is 243 Å². The summed E-state index contributed by atoms with van der Waals surface area (Å²) in [4.78, 5) is 4.61. The topological polar surface area (TPSA) is 6.48 Å². The van der Waals surface area contributed by atoms with Gasteiger partial charge in [0.1, 0.15) is 0 Å². The van der Waals surface area contributed by atoms with E-state index < -0.39 is 0 Å². The van der Waals surface area contributed by atoms with Crippen LogP contribution < -0.4 is 9.80 Å². The van der Waals surface area contributed by atoms with Crippen molar-refractivity contribution in [3.8, 4) is 33.4 Å². The van der Waals surface area contributed by atoms with Gasteiger partial charge in [-0.1, -0.05) is 182 Å². The highest BCUT2D eigenvalue weighted by Gasteiger charge is 2.14. The molecule has 0 amide bonds. The standard InChI is InChI=1S/C56H42N2/c1-5-13-45(14-6-1)48-29-37-54(38-30-48)57(51-17-9-3-10-18-51)53-35-25-44(26-36-53)22-21-43-23-27-47(28-24-43)50-33-41-56(42-34-50)58(52-19-11-4-12-20-52)55-39-31-49(32-40-55)46-15-7-2-8-16-46/h1-42H. The molecular formula is C56H42N2. The molecule has 0 N–H and O–H groups in total. The molecule has 0 saturated carbocycles. The minimum absolute atomic E-state index is 1.11. The third-order valence-electron chi connectivity index (χ3n) is 10.5. The Morgan fingerprint density at radius 3 is 0.707 bits per heavy atom. The summed E-state index contributed by atoms with van der Waals surface area (Å²) in [6.45, 7) is 0. The minimum atomic E-state index is 1.11. The predicted octanol–water partition coefficient (Wildman–Crippen LogP) is 15.8. The Morgan fingerprint density at radius 1 is 0.190 bits per heavy atom. The lowest BCUT2D eigenvalue weighted by Crippen LogP contribution is -2.09. The van der Waals surface area contributed by atoms with Gasteiger partial charge in [0.05, 0.1) is 0 Å². The fraction of sp³-hybridized carbons (Fsp3) is 0. The summed E-state index contributed by atoms with van der Waals surface area (Å²) in [5, 5.41) is 0. The molecule has 0 radical (unpaired) electrons. The van der Waals surface area contributed by atoms with Crippen LogP contribution in [0.3, 0.4) is 0 Å². The van der Waals surface area contributed by atoms with Crippen molar-refractivity contribution in [1.82, 2.24) is 0 Å². The first kappa shape index (κ1) is 36.0. The summed E-state index contributed by atoms with van der Waals surface area (Å²) in [6.07, 6.45) is 4.36. The van der Waals surface area contributed by atoms with Gasteiger partial charge in [-0.2, -0.15) is 0 Å². The average molecular weight is 743 g/mol. The fourth-order valence-corrected chi connectivity index (χ4v) is 7.43. The zero-order chi connectivity index (χ0) is 38.9. The zero-order valence-corrected chi connectivity index (χ0v) is 32.1. The Kier molecular flexibility index (Phi) is 10.5. The van der Waals surface area contributed by atoms with Gasteiger partial charge in [0.2, 0.25) is 0 Å². The van der Waals surface area contributed by atoms with Crippen LogP contribution in [0.2, 0.25) is 0 Å². The molecule has 0 unspecified atom stereocenters. The lowest BCUT2D eigenvalue weighted by Gasteiger charge is -2.26. The molecule has 0 aliphatic heterocycles. The van der Waals surface area contributed by atoms with Gasteiger partial charge in [-0.15, -0.1) is 0 Å². The number of benzene rings is 9. The Morgan fingerprint density at radius 2 is 0.397 bits per heavy atom. The van der Waals surface area contributed by atoms with Crippen LogP contribution in [-0.4, -0.2) is 0 Å². The molecule has 0 heterocycles. The van der Waals surface area contributed by atoms with Gasteiger partial charge in [-0.3, -0.25) is 0 Å². The smallest absolute Gasteiger partial charge is 0.0462 e. The normalized spacial score (nSPS) is 11.0. The molecule has 0 spiro atoms. The number of nitrogens with zero attached hydrogens (tertiary/aromatic N) is 2. The summed E-state index contributed by atoms with van der Waals surface area (Å²) in [5.41, 5.74) is 16.2. The van der Waals surface area contributed by atoms with Gasteiger partial charge in [0.15, 0.2) is 0 Å². The summed E-state index contributed by atoms with van der Waals surface area (Å²) < 4.78 is 0. The zero-order valence-electron chi connectivity index (χ0n) is 32.1. The molecule has 2 heteroatoms. The minimum Gasteiger partial charge on any atom is -0.311 e. The molecule has 2 nitrogen and oxygen atoms in total. The van der Waals surface area contributed by atoms with Crippen molar-refractivity contribution < 1.29 is 0 Å². The first-order chi connectivity index (χ1) is 28.7. The molecule has 9 rings (SSSR count). The Bertz CT molecular complexity index is 2690. The summed E-state index contributed by atoms with van der Waals surface area (Å²) in [5.74, 6) is 0. The molecule has 0 aromatic heterocycles. The van der Waals surface area contributed by atoms with E-state index in [9.17, 15) is 0 Å². The maximum atomic E-state index is 2.31. The van der Waals surface area contributed by atoms with Gasteiger partial charge in [0, 0.05) is 34.1 Å². The highest BCUT2D eigenvalue weighted by atomic mass is 15.1. The van der Waals surface area contributed by atoms with E-state index in [1.807, 2.05) is 0 Å². The van der Waals surface area contributed by atoms with Crippen LogP contribution >= 0.6 is 0 Å². The van der Waals surface area contributed by atoms with Crippen molar-refractivity contribution in [2.75, 3.05) is 9.80 Å². The molecule has 9 aromatic carbocycles. The summed E-state index contributed by atoms with van der Waals surface area (Å²) in [6, 6.07) is 86.2. The Labute approximate surface area is 341 Å². The van der Waals surface area contributed by atoms with E-state index in [0.29, 0.717) is 0 Å². The number of hydrogen-bond donors (Lipinski definition) is 0. The lowest BCUT2D eigenvalue weighted by atomic mass is 10.0. The number of para-hydroxylation sites is 2. The fourth-order valence-electron chi connectivity index (χ4n) is 7.43. The molecule has 0 bridgehead atoms. The predicted molar refractivity (Wildman–Crippen MR) is 247 cm³/mol. The van der Waals surface area contributed by atoms with E-state index in [-0.39, 0.29) is 0 Å². The van der Waals surface area contributed by atoms with Crippen molar-refractivity contribution >= 4 is 46.3 Å². The van der Waals surface area contributed by atoms with Crippen molar-refractivity contribution in [2.45, 2.75) is 0 Å². The molecule has 9 aromatic rings. The van der Waals surface area contributed by atoms with Crippen molar-refractivity contribution in [2.24, 2.45) is 0 Å². The van der Waals surface area contributed by atoms with Crippen molar-refractivity contribution in [3.63, 3.8) is 0 Å². The first-order valence-corrected chi connectivity index (χ1v) is 19.8. The summed E-state index contributed by atoms with van der Waals surface area (Å²) >= 11 is 0. The molecule has 58 heavy (non-hydrogen) atoms. The van der Waals surface area contributed by atoms with Gasteiger partial charge < -0.3 is 9.80 Å². The van der Waals surface area contributed by atoms with Crippen LogP contribution in [0.5, 0.6) is 0 Å². The molecule has 0 fully saturated rings. The van der Waals surface area contributed by atoms with Crippen molar-refractivity contribution in [3.05, 3.63) is 254 Å². The van der Waals surface area contributed by atoms with Crippen LogP contribution in [0.1, 0.15) is 11.1 Å². The van der Waals surface area contributed by atoms with E-state index in [2.05, 4.69) is 265 Å². The lowest BCUT2D eigenvalue weighted by molar-refractivity contribution is 1.28. The first-order valence-electron chi connectivity index (χ1n) is 19.8. The Balaban J connectivity index is 0.900. The van der Waals surface area contributed by atoms with Crippen molar-refractivity contribution in [1.29, 1.82) is 0 Å². The van der Waals surface area contributed by atoms with E-state index in [0.717, 1.165) is 45.3 Å².